The van der Waals surface area contributed by atoms with Crippen molar-refractivity contribution >= 4 is 0 Å². The normalized spacial score (nSPS) is 19.4. The van der Waals surface area contributed by atoms with E-state index in [1.807, 2.05) is 12.1 Å². The number of ether oxygens (including phenoxy) is 1. The zero-order valence-corrected chi connectivity index (χ0v) is 10.0. The maximum Gasteiger partial charge on any atom is 0.0861 e. The van der Waals surface area contributed by atoms with Crippen molar-refractivity contribution in [3.05, 3.63) is 35.4 Å². The lowest BCUT2D eigenvalue weighted by Crippen LogP contribution is -2.32. The fourth-order valence-corrected chi connectivity index (χ4v) is 2.27. The molecule has 2 rings (SSSR count). The Hall–Kier alpha value is -0.860. The van der Waals surface area contributed by atoms with E-state index in [-0.39, 0.29) is 12.2 Å². The van der Waals surface area contributed by atoms with E-state index in [2.05, 4.69) is 19.1 Å². The van der Waals surface area contributed by atoms with Crippen LogP contribution in [0, 0.1) is 12.8 Å². The Morgan fingerprint density at radius 2 is 2.06 bits per heavy atom. The summed E-state index contributed by atoms with van der Waals surface area (Å²) in [7, 11) is 1.70. The zero-order chi connectivity index (χ0) is 11.5. The molecule has 0 radical (unpaired) electrons. The van der Waals surface area contributed by atoms with Gasteiger partial charge in [0.25, 0.3) is 0 Å². The second-order valence-corrected chi connectivity index (χ2v) is 4.74. The van der Waals surface area contributed by atoms with Crippen LogP contribution in [0.2, 0.25) is 0 Å². The summed E-state index contributed by atoms with van der Waals surface area (Å²) in [4.78, 5) is 0. The number of hydrogen-bond acceptors (Lipinski definition) is 2. The van der Waals surface area contributed by atoms with Crippen molar-refractivity contribution in [1.29, 1.82) is 0 Å². The van der Waals surface area contributed by atoms with Gasteiger partial charge in [0.15, 0.2) is 0 Å². The van der Waals surface area contributed by atoms with E-state index in [9.17, 15) is 5.11 Å². The van der Waals surface area contributed by atoms with Crippen molar-refractivity contribution in [2.75, 3.05) is 7.11 Å². The Morgan fingerprint density at radius 3 is 2.62 bits per heavy atom. The van der Waals surface area contributed by atoms with Crippen LogP contribution in [0.15, 0.2) is 24.3 Å². The van der Waals surface area contributed by atoms with E-state index in [1.165, 1.54) is 24.0 Å². The first kappa shape index (κ1) is 11.6. The molecule has 2 nitrogen and oxygen atoms in total. The van der Waals surface area contributed by atoms with E-state index in [1.54, 1.807) is 7.11 Å². The summed E-state index contributed by atoms with van der Waals surface area (Å²) < 4.78 is 5.40. The monoisotopic (exact) mass is 220 g/mol. The largest absolute Gasteiger partial charge is 0.390 e. The highest BCUT2D eigenvalue weighted by atomic mass is 16.5. The molecule has 2 atom stereocenters. The number of benzene rings is 1. The van der Waals surface area contributed by atoms with Crippen LogP contribution in [-0.2, 0) is 11.2 Å². The highest BCUT2D eigenvalue weighted by Gasteiger charge is 2.36. The Labute approximate surface area is 97.3 Å². The molecule has 1 aromatic carbocycles. The molecule has 0 aliphatic heterocycles. The minimum atomic E-state index is -0.376. The van der Waals surface area contributed by atoms with Gasteiger partial charge in [0, 0.05) is 13.5 Å². The first-order valence-electron chi connectivity index (χ1n) is 5.97. The fourth-order valence-electron chi connectivity index (χ4n) is 2.27. The molecule has 0 saturated heterocycles. The van der Waals surface area contributed by atoms with Gasteiger partial charge in [0.1, 0.15) is 0 Å². The molecule has 0 spiro atoms. The Kier molecular flexibility index (Phi) is 3.62. The average Bonchev–Trinajstić information content (AvgIpc) is 3.07. The zero-order valence-electron chi connectivity index (χ0n) is 10.0. The van der Waals surface area contributed by atoms with Gasteiger partial charge in [-0.2, -0.15) is 0 Å². The second-order valence-electron chi connectivity index (χ2n) is 4.74. The summed E-state index contributed by atoms with van der Waals surface area (Å²) in [5.74, 6) is 0.573. The van der Waals surface area contributed by atoms with E-state index in [4.69, 9.17) is 4.74 Å². The number of aliphatic hydroxyl groups excluding tert-OH is 1. The lowest BCUT2D eigenvalue weighted by molar-refractivity contribution is -0.0238. The molecule has 1 fully saturated rings. The maximum absolute atomic E-state index is 10.2. The minimum Gasteiger partial charge on any atom is -0.390 e. The number of rotatable bonds is 5. The molecule has 1 aliphatic rings. The summed E-state index contributed by atoms with van der Waals surface area (Å²) in [6.45, 7) is 2.08. The van der Waals surface area contributed by atoms with E-state index >= 15 is 0 Å². The topological polar surface area (TPSA) is 29.5 Å². The standard InChI is InChI=1S/C14H20O2/c1-10-5-3-4-6-12(10)9-13(15)14(16-2)11-7-8-11/h3-6,11,13-15H,7-9H2,1-2H3. The van der Waals surface area contributed by atoms with Crippen LogP contribution in [0.3, 0.4) is 0 Å². The molecule has 1 aromatic rings. The molecule has 2 heteroatoms. The Bertz CT molecular complexity index is 344. The molecule has 0 bridgehead atoms. The third kappa shape index (κ3) is 2.63. The van der Waals surface area contributed by atoms with Gasteiger partial charge >= 0.3 is 0 Å². The van der Waals surface area contributed by atoms with Crippen LogP contribution < -0.4 is 0 Å². The van der Waals surface area contributed by atoms with Gasteiger partial charge < -0.3 is 9.84 Å². The van der Waals surface area contributed by atoms with Crippen LogP contribution >= 0.6 is 0 Å². The highest BCUT2D eigenvalue weighted by molar-refractivity contribution is 5.26. The van der Waals surface area contributed by atoms with Gasteiger partial charge in [-0.3, -0.25) is 0 Å². The fraction of sp³-hybridized carbons (Fsp3) is 0.571. The van der Waals surface area contributed by atoms with E-state index in [0.717, 1.165) is 0 Å². The predicted octanol–water partition coefficient (Wildman–Crippen LogP) is 2.32. The predicted molar refractivity (Wildman–Crippen MR) is 64.4 cm³/mol. The molecule has 0 heterocycles. The van der Waals surface area contributed by atoms with Gasteiger partial charge in [-0.25, -0.2) is 0 Å². The van der Waals surface area contributed by atoms with Crippen LogP contribution in [0.25, 0.3) is 0 Å². The van der Waals surface area contributed by atoms with Crippen molar-refractivity contribution in [3.63, 3.8) is 0 Å². The number of hydrogen-bond donors (Lipinski definition) is 1. The summed E-state index contributed by atoms with van der Waals surface area (Å²) >= 11 is 0. The molecule has 16 heavy (non-hydrogen) atoms. The van der Waals surface area contributed by atoms with Crippen molar-refractivity contribution < 1.29 is 9.84 Å². The second kappa shape index (κ2) is 4.98. The van der Waals surface area contributed by atoms with Gasteiger partial charge in [-0.15, -0.1) is 0 Å². The van der Waals surface area contributed by atoms with Crippen molar-refractivity contribution in [1.82, 2.24) is 0 Å². The number of aliphatic hydroxyl groups is 1. The molecule has 1 saturated carbocycles. The third-order valence-corrected chi connectivity index (χ3v) is 3.43. The lowest BCUT2D eigenvalue weighted by atomic mass is 9.98. The quantitative estimate of drug-likeness (QED) is 0.825. The number of aryl methyl sites for hydroxylation is 1. The van der Waals surface area contributed by atoms with Crippen molar-refractivity contribution in [3.8, 4) is 0 Å². The van der Waals surface area contributed by atoms with Crippen LogP contribution in [0.1, 0.15) is 24.0 Å². The molecule has 88 valence electrons. The number of methoxy groups -OCH3 is 1. The van der Waals surface area contributed by atoms with Gasteiger partial charge in [-0.05, 0) is 36.8 Å². The lowest BCUT2D eigenvalue weighted by Gasteiger charge is -2.22. The molecular formula is C14H20O2. The first-order chi connectivity index (χ1) is 7.72. The van der Waals surface area contributed by atoms with Gasteiger partial charge in [0.2, 0.25) is 0 Å². The van der Waals surface area contributed by atoms with Gasteiger partial charge in [0.05, 0.1) is 12.2 Å². The summed E-state index contributed by atoms with van der Waals surface area (Å²) in [5, 5.41) is 10.2. The molecule has 1 N–H and O–H groups in total. The van der Waals surface area contributed by atoms with Crippen LogP contribution in [0.4, 0.5) is 0 Å². The highest BCUT2D eigenvalue weighted by Crippen LogP contribution is 2.36. The smallest absolute Gasteiger partial charge is 0.0861 e. The SMILES string of the molecule is COC(C(O)Cc1ccccc1C)C1CC1. The van der Waals surface area contributed by atoms with Gasteiger partial charge in [-0.1, -0.05) is 24.3 Å². The average molecular weight is 220 g/mol. The molecule has 1 aliphatic carbocycles. The van der Waals surface area contributed by atoms with Crippen LogP contribution in [-0.4, -0.2) is 24.4 Å². The van der Waals surface area contributed by atoms with E-state index in [0.29, 0.717) is 12.3 Å². The molecule has 0 amide bonds. The molecule has 0 aromatic heterocycles. The van der Waals surface area contributed by atoms with Crippen molar-refractivity contribution in [2.45, 2.75) is 38.4 Å². The Balaban J connectivity index is 2.00. The maximum atomic E-state index is 10.2. The van der Waals surface area contributed by atoms with Crippen molar-refractivity contribution in [2.24, 2.45) is 5.92 Å². The molecular weight excluding hydrogens is 200 g/mol. The minimum absolute atomic E-state index is 0.0135. The third-order valence-electron chi connectivity index (χ3n) is 3.43. The summed E-state index contributed by atoms with van der Waals surface area (Å²) in [6, 6.07) is 8.22. The Morgan fingerprint density at radius 1 is 1.38 bits per heavy atom. The first-order valence-corrected chi connectivity index (χ1v) is 5.97. The molecule has 2 unspecified atom stereocenters. The van der Waals surface area contributed by atoms with E-state index < -0.39 is 0 Å². The van der Waals surface area contributed by atoms with Crippen LogP contribution in [0.5, 0.6) is 0 Å². The summed E-state index contributed by atoms with van der Waals surface area (Å²) in [6.07, 6.45) is 2.73. The summed E-state index contributed by atoms with van der Waals surface area (Å²) in [5.41, 5.74) is 2.46.